The molecule has 0 spiro atoms. The van der Waals surface area contributed by atoms with Crippen LogP contribution in [-0.4, -0.2) is 27.1 Å². The van der Waals surface area contributed by atoms with Gasteiger partial charge < -0.3 is 15.7 Å². The van der Waals surface area contributed by atoms with E-state index in [0.717, 1.165) is 16.8 Å². The van der Waals surface area contributed by atoms with Crippen molar-refractivity contribution in [3.05, 3.63) is 83.8 Å². The van der Waals surface area contributed by atoms with Gasteiger partial charge in [0, 0.05) is 30.1 Å². The van der Waals surface area contributed by atoms with Crippen LogP contribution in [0.15, 0.2) is 67.1 Å². The maximum Gasteiger partial charge on any atom is 0.251 e. The number of nitrogens with zero attached hydrogens (tertiary/aromatic N) is 2. The van der Waals surface area contributed by atoms with E-state index >= 15 is 0 Å². The van der Waals surface area contributed by atoms with Crippen LogP contribution in [0.5, 0.6) is 0 Å². The molecule has 0 saturated heterocycles. The predicted molar refractivity (Wildman–Crippen MR) is 98.1 cm³/mol. The molecule has 130 valence electrons. The Hall–Kier alpha value is -3.25. The summed E-state index contributed by atoms with van der Waals surface area (Å²) >= 11 is 0. The normalized spacial score (nSPS) is 18.2. The van der Waals surface area contributed by atoms with E-state index in [9.17, 15) is 9.90 Å². The van der Waals surface area contributed by atoms with E-state index in [2.05, 4.69) is 20.6 Å². The number of amides is 1. The summed E-state index contributed by atoms with van der Waals surface area (Å²) in [6.45, 7) is 0. The van der Waals surface area contributed by atoms with Gasteiger partial charge in [0.05, 0.1) is 18.3 Å². The topological polar surface area (TPSA) is 87.1 Å². The summed E-state index contributed by atoms with van der Waals surface area (Å²) in [6.07, 6.45) is 4.74. The molecule has 26 heavy (non-hydrogen) atoms. The third-order valence-electron chi connectivity index (χ3n) is 4.45. The van der Waals surface area contributed by atoms with E-state index in [1.807, 2.05) is 30.3 Å². The highest BCUT2D eigenvalue weighted by Gasteiger charge is 2.32. The van der Waals surface area contributed by atoms with Gasteiger partial charge in [-0.25, -0.2) is 4.98 Å². The highest BCUT2D eigenvalue weighted by atomic mass is 16.3. The van der Waals surface area contributed by atoms with Gasteiger partial charge in [-0.2, -0.15) is 0 Å². The molecule has 0 bridgehead atoms. The van der Waals surface area contributed by atoms with Crippen molar-refractivity contribution in [2.24, 2.45) is 0 Å². The highest BCUT2D eigenvalue weighted by Crippen LogP contribution is 2.31. The number of benzene rings is 2. The lowest BCUT2D eigenvalue weighted by atomic mass is 10.1. The molecule has 2 unspecified atom stereocenters. The molecule has 6 nitrogen and oxygen atoms in total. The van der Waals surface area contributed by atoms with Crippen molar-refractivity contribution >= 4 is 17.4 Å². The number of hydrogen-bond donors (Lipinski definition) is 3. The van der Waals surface area contributed by atoms with Crippen LogP contribution in [-0.2, 0) is 6.42 Å². The summed E-state index contributed by atoms with van der Waals surface area (Å²) in [6, 6.07) is 14.5. The molecular formula is C20H18N4O2. The number of aliphatic hydroxyl groups is 1. The number of carbonyl (C=O) groups excluding carboxylic acids is 1. The molecule has 0 saturated carbocycles. The number of rotatable bonds is 4. The van der Waals surface area contributed by atoms with Crippen molar-refractivity contribution in [2.45, 2.75) is 18.6 Å². The van der Waals surface area contributed by atoms with Crippen LogP contribution in [0.25, 0.3) is 0 Å². The molecule has 2 aromatic carbocycles. The van der Waals surface area contributed by atoms with Gasteiger partial charge >= 0.3 is 0 Å². The Kier molecular flexibility index (Phi) is 4.33. The Labute approximate surface area is 150 Å². The number of aliphatic hydroxyl groups excluding tert-OH is 1. The minimum absolute atomic E-state index is 0.228. The van der Waals surface area contributed by atoms with Gasteiger partial charge in [0.2, 0.25) is 0 Å². The van der Waals surface area contributed by atoms with E-state index in [-0.39, 0.29) is 5.91 Å². The van der Waals surface area contributed by atoms with Crippen LogP contribution < -0.4 is 10.6 Å². The molecule has 1 heterocycles. The number of anilines is 2. The molecular weight excluding hydrogens is 328 g/mol. The molecule has 1 aromatic heterocycles. The van der Waals surface area contributed by atoms with Crippen molar-refractivity contribution in [1.29, 1.82) is 0 Å². The smallest absolute Gasteiger partial charge is 0.251 e. The Morgan fingerprint density at radius 1 is 1.12 bits per heavy atom. The van der Waals surface area contributed by atoms with Crippen LogP contribution in [0.3, 0.4) is 0 Å². The SMILES string of the molecule is O=C(NC1c2ccccc2CC1O)c1cccc(Nc2cnccn2)c1. The quantitative estimate of drug-likeness (QED) is 0.676. The lowest BCUT2D eigenvalue weighted by molar-refractivity contribution is 0.0858. The maximum absolute atomic E-state index is 12.7. The lowest BCUT2D eigenvalue weighted by Gasteiger charge is -2.18. The average molecular weight is 346 g/mol. The van der Waals surface area contributed by atoms with Crippen molar-refractivity contribution in [3.8, 4) is 0 Å². The molecule has 1 aliphatic rings. The van der Waals surface area contributed by atoms with E-state index in [1.54, 1.807) is 36.8 Å². The maximum atomic E-state index is 12.7. The third-order valence-corrected chi connectivity index (χ3v) is 4.45. The number of hydrogen-bond acceptors (Lipinski definition) is 5. The van der Waals surface area contributed by atoms with E-state index in [1.165, 1.54) is 0 Å². The standard InChI is InChI=1S/C20H18N4O2/c25-17-11-13-4-1-2-7-16(13)19(17)24-20(26)14-5-3-6-15(10-14)23-18-12-21-8-9-22-18/h1-10,12,17,19,25H,11H2,(H,22,23)(H,24,26). The van der Waals surface area contributed by atoms with Crippen molar-refractivity contribution < 1.29 is 9.90 Å². The third kappa shape index (κ3) is 3.27. The molecule has 3 N–H and O–H groups in total. The van der Waals surface area contributed by atoms with Gasteiger partial charge in [0.25, 0.3) is 5.91 Å². The van der Waals surface area contributed by atoms with E-state index in [0.29, 0.717) is 17.8 Å². The first-order chi connectivity index (χ1) is 12.7. The summed E-state index contributed by atoms with van der Waals surface area (Å²) in [5.41, 5.74) is 3.30. The Balaban J connectivity index is 1.51. The van der Waals surface area contributed by atoms with Crippen molar-refractivity contribution in [1.82, 2.24) is 15.3 Å². The minimum Gasteiger partial charge on any atom is -0.390 e. The minimum atomic E-state index is -0.614. The number of aromatic nitrogens is 2. The zero-order valence-corrected chi connectivity index (χ0v) is 14.0. The van der Waals surface area contributed by atoms with Gasteiger partial charge in [-0.05, 0) is 29.3 Å². The Morgan fingerprint density at radius 2 is 2.00 bits per heavy atom. The number of nitrogens with one attached hydrogen (secondary N) is 2. The molecule has 0 aliphatic heterocycles. The second kappa shape index (κ2) is 6.93. The Bertz CT molecular complexity index is 930. The number of carbonyl (C=O) groups is 1. The largest absolute Gasteiger partial charge is 0.390 e. The second-order valence-corrected chi connectivity index (χ2v) is 6.22. The fraction of sp³-hybridized carbons (Fsp3) is 0.150. The summed E-state index contributed by atoms with van der Waals surface area (Å²) in [5, 5.41) is 16.4. The van der Waals surface area contributed by atoms with Crippen LogP contribution in [0, 0.1) is 0 Å². The zero-order valence-electron chi connectivity index (χ0n) is 14.0. The number of fused-ring (bicyclic) bond motifs is 1. The fourth-order valence-corrected chi connectivity index (χ4v) is 3.22. The predicted octanol–water partition coefficient (Wildman–Crippen LogP) is 2.61. The molecule has 1 aliphatic carbocycles. The summed E-state index contributed by atoms with van der Waals surface area (Å²) in [7, 11) is 0. The highest BCUT2D eigenvalue weighted by molar-refractivity contribution is 5.95. The molecule has 1 amide bonds. The van der Waals surface area contributed by atoms with Crippen LogP contribution >= 0.6 is 0 Å². The van der Waals surface area contributed by atoms with Gasteiger partial charge in [-0.1, -0.05) is 30.3 Å². The van der Waals surface area contributed by atoms with E-state index < -0.39 is 12.1 Å². The molecule has 4 rings (SSSR count). The molecule has 0 fully saturated rings. The monoisotopic (exact) mass is 346 g/mol. The molecule has 3 aromatic rings. The van der Waals surface area contributed by atoms with Crippen molar-refractivity contribution in [3.63, 3.8) is 0 Å². The van der Waals surface area contributed by atoms with Crippen LogP contribution in [0.1, 0.15) is 27.5 Å². The van der Waals surface area contributed by atoms with Gasteiger partial charge in [-0.15, -0.1) is 0 Å². The zero-order chi connectivity index (χ0) is 17.9. The van der Waals surface area contributed by atoms with Crippen molar-refractivity contribution in [2.75, 3.05) is 5.32 Å². The average Bonchev–Trinajstić information content (AvgIpc) is 2.98. The van der Waals surface area contributed by atoms with E-state index in [4.69, 9.17) is 0 Å². The summed E-state index contributed by atoms with van der Waals surface area (Å²) in [5.74, 6) is 0.374. The summed E-state index contributed by atoms with van der Waals surface area (Å²) < 4.78 is 0. The van der Waals surface area contributed by atoms with Crippen LogP contribution in [0.2, 0.25) is 0 Å². The molecule has 0 radical (unpaired) electrons. The first-order valence-electron chi connectivity index (χ1n) is 8.40. The first kappa shape index (κ1) is 16.2. The van der Waals surface area contributed by atoms with Gasteiger partial charge in [0.15, 0.2) is 0 Å². The Morgan fingerprint density at radius 3 is 2.85 bits per heavy atom. The first-order valence-corrected chi connectivity index (χ1v) is 8.40. The van der Waals surface area contributed by atoms with Gasteiger partial charge in [0.1, 0.15) is 5.82 Å². The summed E-state index contributed by atoms with van der Waals surface area (Å²) in [4.78, 5) is 20.8. The molecule has 2 atom stereocenters. The molecule has 6 heteroatoms. The second-order valence-electron chi connectivity index (χ2n) is 6.22. The lowest BCUT2D eigenvalue weighted by Crippen LogP contribution is -2.33. The van der Waals surface area contributed by atoms with Gasteiger partial charge in [-0.3, -0.25) is 9.78 Å². The van der Waals surface area contributed by atoms with Crippen LogP contribution in [0.4, 0.5) is 11.5 Å². The fourth-order valence-electron chi connectivity index (χ4n) is 3.22.